The first-order valence-electron chi connectivity index (χ1n) is 3.66. The summed E-state index contributed by atoms with van der Waals surface area (Å²) >= 11 is 23.1. The summed E-state index contributed by atoms with van der Waals surface area (Å²) in [5, 5.41) is 1.85. The normalized spacial score (nSPS) is 13.2. The van der Waals surface area contributed by atoms with E-state index in [2.05, 4.69) is 5.32 Å². The van der Waals surface area contributed by atoms with Crippen molar-refractivity contribution in [2.45, 2.75) is 0 Å². The van der Waals surface area contributed by atoms with E-state index < -0.39 is 11.8 Å². The summed E-state index contributed by atoms with van der Waals surface area (Å²) in [6, 6.07) is 0. The molecule has 1 aromatic carbocycles. The number of imide groups is 1. The third-order valence-corrected chi connectivity index (χ3v) is 3.75. The molecule has 1 aliphatic heterocycles. The second-order valence-corrected chi connectivity index (χ2v) is 4.30. The van der Waals surface area contributed by atoms with Crippen molar-refractivity contribution in [3.8, 4) is 0 Å². The standard InChI is InChI=1S/C8HCl4NO2.K.H/c9-3-1-2(8(15)13-7(1)14)4(10)6(12)5(3)11;;/h(H,13,14,15);;/q;+1;-1. The van der Waals surface area contributed by atoms with Gasteiger partial charge in [0, 0.05) is 0 Å². The Bertz CT molecular complexity index is 478. The minimum Gasteiger partial charge on any atom is -1.00 e. The van der Waals surface area contributed by atoms with Gasteiger partial charge in [0.25, 0.3) is 11.8 Å². The van der Waals surface area contributed by atoms with Gasteiger partial charge in [0.2, 0.25) is 0 Å². The first-order valence-corrected chi connectivity index (χ1v) is 5.18. The smallest absolute Gasteiger partial charge is 1.00 e. The molecule has 1 heterocycles. The van der Waals surface area contributed by atoms with E-state index in [9.17, 15) is 9.59 Å². The maximum Gasteiger partial charge on any atom is 1.00 e. The molecule has 0 aromatic heterocycles. The molecule has 0 atom stereocenters. The van der Waals surface area contributed by atoms with Crippen LogP contribution in [0.15, 0.2) is 0 Å². The van der Waals surface area contributed by atoms with Gasteiger partial charge in [-0.25, -0.2) is 0 Å². The molecule has 8 heteroatoms. The van der Waals surface area contributed by atoms with Crippen molar-refractivity contribution < 1.29 is 62.4 Å². The number of nitrogens with one attached hydrogen (secondary N) is 1. The fourth-order valence-corrected chi connectivity index (χ4v) is 2.31. The second kappa shape index (κ2) is 5.42. The van der Waals surface area contributed by atoms with E-state index in [-0.39, 0.29) is 84.0 Å². The third kappa shape index (κ3) is 2.20. The van der Waals surface area contributed by atoms with Crippen molar-refractivity contribution in [3.63, 3.8) is 0 Å². The van der Waals surface area contributed by atoms with E-state index in [1.165, 1.54) is 0 Å². The monoisotopic (exact) mass is 323 g/mol. The molecule has 2 rings (SSSR count). The first-order chi connectivity index (χ1) is 6.95. The van der Waals surface area contributed by atoms with Crippen molar-refractivity contribution in [1.82, 2.24) is 5.32 Å². The van der Waals surface area contributed by atoms with Crippen molar-refractivity contribution in [2.24, 2.45) is 0 Å². The number of fused-ring (bicyclic) bond motifs is 1. The molecule has 0 fully saturated rings. The van der Waals surface area contributed by atoms with Gasteiger partial charge < -0.3 is 1.43 Å². The Balaban J connectivity index is 0.00000128. The molecule has 3 nitrogen and oxygen atoms in total. The van der Waals surface area contributed by atoms with Crippen LogP contribution in [0.5, 0.6) is 0 Å². The Kier molecular flexibility index (Phi) is 5.16. The molecule has 1 aromatic rings. The summed E-state index contributed by atoms with van der Waals surface area (Å²) in [6.45, 7) is 0. The summed E-state index contributed by atoms with van der Waals surface area (Å²) in [4.78, 5) is 22.7. The predicted molar refractivity (Wildman–Crippen MR) is 59.4 cm³/mol. The zero-order valence-corrected chi connectivity index (χ0v) is 14.0. The van der Waals surface area contributed by atoms with Gasteiger partial charge in [-0.1, -0.05) is 46.4 Å². The van der Waals surface area contributed by atoms with E-state index in [1.54, 1.807) is 0 Å². The van der Waals surface area contributed by atoms with E-state index in [0.717, 1.165) is 0 Å². The molecule has 0 aliphatic carbocycles. The predicted octanol–water partition coefficient (Wildman–Crippen LogP) is 0.300. The molecule has 0 unspecified atom stereocenters. The van der Waals surface area contributed by atoms with Gasteiger partial charge in [-0.3, -0.25) is 14.9 Å². The average Bonchev–Trinajstić information content (AvgIpc) is 2.47. The van der Waals surface area contributed by atoms with Crippen LogP contribution in [-0.2, 0) is 0 Å². The molecular formula is C8H2Cl4KNO2. The molecule has 1 N–H and O–H groups in total. The van der Waals surface area contributed by atoms with E-state index in [4.69, 9.17) is 46.4 Å². The SMILES string of the molecule is O=C1NC(=O)c2c(Cl)c(Cl)c(Cl)c(Cl)c21.[H-].[K+]. The number of amides is 2. The summed E-state index contributed by atoms with van der Waals surface area (Å²) in [5.74, 6) is -1.25. The molecule has 0 bridgehead atoms. The van der Waals surface area contributed by atoms with Crippen molar-refractivity contribution >= 4 is 58.2 Å². The van der Waals surface area contributed by atoms with Gasteiger partial charge in [0.15, 0.2) is 0 Å². The van der Waals surface area contributed by atoms with Crippen LogP contribution in [0.4, 0.5) is 0 Å². The number of carbonyl (C=O) groups excluding carboxylic acids is 2. The van der Waals surface area contributed by atoms with Gasteiger partial charge in [0.05, 0.1) is 31.2 Å². The average molecular weight is 325 g/mol. The summed E-state index contributed by atoms with van der Waals surface area (Å²) < 4.78 is 0. The quantitative estimate of drug-likeness (QED) is 0.323. The van der Waals surface area contributed by atoms with E-state index >= 15 is 0 Å². The number of hydrogen-bond donors (Lipinski definition) is 1. The maximum absolute atomic E-state index is 11.3. The molecule has 1 aliphatic rings. The molecular weight excluding hydrogens is 323 g/mol. The first kappa shape index (κ1) is 15.2. The molecule has 16 heavy (non-hydrogen) atoms. The Morgan fingerprint density at radius 3 is 1.38 bits per heavy atom. The fourth-order valence-electron chi connectivity index (χ4n) is 1.29. The van der Waals surface area contributed by atoms with Crippen LogP contribution in [0.2, 0.25) is 20.1 Å². The summed E-state index contributed by atoms with van der Waals surface area (Å²) in [5.41, 5.74) is -0.0536. The van der Waals surface area contributed by atoms with Crippen LogP contribution >= 0.6 is 46.4 Å². The van der Waals surface area contributed by atoms with Crippen LogP contribution in [0, 0.1) is 0 Å². The minimum atomic E-state index is -0.625. The number of benzene rings is 1. The van der Waals surface area contributed by atoms with Crippen LogP contribution in [0.1, 0.15) is 22.1 Å². The van der Waals surface area contributed by atoms with Gasteiger partial charge >= 0.3 is 51.4 Å². The van der Waals surface area contributed by atoms with E-state index in [0.29, 0.717) is 0 Å². The maximum atomic E-state index is 11.3. The summed E-state index contributed by atoms with van der Waals surface area (Å²) in [6.07, 6.45) is 0. The van der Waals surface area contributed by atoms with Crippen molar-refractivity contribution in [1.29, 1.82) is 0 Å². The van der Waals surface area contributed by atoms with Crippen molar-refractivity contribution in [2.75, 3.05) is 0 Å². The number of carbonyl (C=O) groups is 2. The zero-order valence-electron chi connectivity index (χ0n) is 8.83. The van der Waals surface area contributed by atoms with Crippen LogP contribution in [0.25, 0.3) is 0 Å². The molecule has 80 valence electrons. The topological polar surface area (TPSA) is 46.2 Å². The Hall–Kier alpha value is 1.16. The minimum absolute atomic E-state index is 0. The number of hydrogen-bond acceptors (Lipinski definition) is 2. The van der Waals surface area contributed by atoms with Gasteiger partial charge in [-0.05, 0) is 0 Å². The third-order valence-electron chi connectivity index (χ3n) is 1.95. The largest absolute Gasteiger partial charge is 1.00 e. The number of rotatable bonds is 0. The Labute approximate surface area is 155 Å². The molecule has 2 amide bonds. The summed E-state index contributed by atoms with van der Waals surface area (Å²) in [7, 11) is 0. The molecule has 0 saturated heterocycles. The Morgan fingerprint density at radius 1 is 0.750 bits per heavy atom. The second-order valence-electron chi connectivity index (χ2n) is 2.79. The molecule has 0 saturated carbocycles. The number of halogens is 4. The van der Waals surface area contributed by atoms with Crippen LogP contribution in [-0.4, -0.2) is 11.8 Å². The Morgan fingerprint density at radius 2 is 1.06 bits per heavy atom. The van der Waals surface area contributed by atoms with Crippen LogP contribution in [0.3, 0.4) is 0 Å². The van der Waals surface area contributed by atoms with Gasteiger partial charge in [-0.2, -0.15) is 0 Å². The zero-order chi connectivity index (χ0) is 11.3. The fraction of sp³-hybridized carbons (Fsp3) is 0. The van der Waals surface area contributed by atoms with Gasteiger partial charge in [0.1, 0.15) is 0 Å². The van der Waals surface area contributed by atoms with Crippen molar-refractivity contribution in [3.05, 3.63) is 31.2 Å². The van der Waals surface area contributed by atoms with E-state index in [1.807, 2.05) is 0 Å². The van der Waals surface area contributed by atoms with Gasteiger partial charge in [-0.15, -0.1) is 0 Å². The molecule has 0 radical (unpaired) electrons. The van der Waals surface area contributed by atoms with Crippen LogP contribution < -0.4 is 56.7 Å². The molecule has 0 spiro atoms.